The van der Waals surface area contributed by atoms with Crippen molar-refractivity contribution in [3.8, 4) is 22.8 Å². The van der Waals surface area contributed by atoms with Crippen LogP contribution in [0.1, 0.15) is 5.82 Å². The van der Waals surface area contributed by atoms with Crippen molar-refractivity contribution in [2.45, 2.75) is 6.92 Å². The molecule has 5 aromatic rings. The Hall–Kier alpha value is -3.72. The number of hydrogen-bond acceptors (Lipinski definition) is 6. The minimum Gasteiger partial charge on any atom is -0.368 e. The molecule has 1 saturated heterocycles. The molecule has 32 heavy (non-hydrogen) atoms. The zero-order valence-corrected chi connectivity index (χ0v) is 18.4. The minimum absolute atomic E-state index is 0.795. The Bertz CT molecular complexity index is 1430. The van der Waals surface area contributed by atoms with Crippen LogP contribution in [-0.4, -0.2) is 72.8 Å². The fourth-order valence-electron chi connectivity index (χ4n) is 4.43. The Kier molecular flexibility index (Phi) is 4.25. The number of piperazine rings is 1. The molecular weight excluding hydrogens is 402 g/mol. The Morgan fingerprint density at radius 2 is 1.84 bits per heavy atom. The lowest BCUT2D eigenvalue weighted by Crippen LogP contribution is -2.44. The van der Waals surface area contributed by atoms with Crippen molar-refractivity contribution in [3.63, 3.8) is 0 Å². The molecule has 0 radical (unpaired) electrons. The number of hydrogen-bond donors (Lipinski definition) is 2. The van der Waals surface area contributed by atoms with Gasteiger partial charge in [-0.2, -0.15) is 5.10 Å². The zero-order chi connectivity index (χ0) is 21.8. The average molecular weight is 428 g/mol. The first-order valence-corrected chi connectivity index (χ1v) is 10.8. The fraction of sp³-hybridized carbons (Fsp3) is 0.304. The van der Waals surface area contributed by atoms with Gasteiger partial charge in [0.25, 0.3) is 0 Å². The maximum Gasteiger partial charge on any atom is 0.139 e. The highest BCUT2D eigenvalue weighted by atomic mass is 15.2. The van der Waals surface area contributed by atoms with Gasteiger partial charge in [-0.15, -0.1) is 0 Å². The first-order valence-electron chi connectivity index (χ1n) is 10.8. The predicted molar refractivity (Wildman–Crippen MR) is 126 cm³/mol. The molecule has 2 N–H and O–H groups in total. The molecule has 0 atom stereocenters. The number of nitrogens with one attached hydrogen (secondary N) is 2. The first kappa shape index (κ1) is 19.0. The monoisotopic (exact) mass is 427 g/mol. The van der Waals surface area contributed by atoms with Crippen LogP contribution in [0, 0.1) is 6.92 Å². The second-order valence-corrected chi connectivity index (χ2v) is 8.48. The van der Waals surface area contributed by atoms with Crippen LogP contribution in [0.2, 0.25) is 0 Å². The molecule has 1 aliphatic heterocycles. The van der Waals surface area contributed by atoms with Crippen LogP contribution in [0.5, 0.6) is 0 Å². The highest BCUT2D eigenvalue weighted by molar-refractivity contribution is 5.97. The number of aromatic amines is 2. The third-order valence-electron chi connectivity index (χ3n) is 6.50. The lowest BCUT2D eigenvalue weighted by Gasteiger charge is -2.34. The summed E-state index contributed by atoms with van der Waals surface area (Å²) >= 11 is 0. The molecular formula is C23H25N9. The van der Waals surface area contributed by atoms with E-state index in [9.17, 15) is 0 Å². The number of imidazole rings is 1. The SMILES string of the molecule is Cc1ncc(-c2ccc3[nH]nc(-c4cc5c(N6CCN(C)CC6)ccnc5[nH]4)c3n2)n1C. The van der Waals surface area contributed by atoms with Crippen LogP contribution in [0.15, 0.2) is 36.7 Å². The van der Waals surface area contributed by atoms with E-state index in [2.05, 4.69) is 54.1 Å². The number of aryl methyl sites for hydroxylation is 1. The largest absolute Gasteiger partial charge is 0.368 e. The van der Waals surface area contributed by atoms with Gasteiger partial charge in [0.05, 0.1) is 28.8 Å². The standard InChI is InChI=1S/C23H25N9/c1-14-25-13-20(31(14)3)16-4-5-17-21(26-16)22(29-28-17)18-12-15-19(6-7-24-23(15)27-18)32-10-8-30(2)9-11-32/h4-7,12-13H,8-11H2,1-3H3,(H,24,27)(H,28,29). The van der Waals surface area contributed by atoms with Crippen LogP contribution in [0.3, 0.4) is 0 Å². The lowest BCUT2D eigenvalue weighted by molar-refractivity contribution is 0.313. The maximum atomic E-state index is 4.94. The van der Waals surface area contributed by atoms with Crippen molar-refractivity contribution in [2.24, 2.45) is 7.05 Å². The summed E-state index contributed by atoms with van der Waals surface area (Å²) in [5.74, 6) is 0.951. The fourth-order valence-corrected chi connectivity index (χ4v) is 4.43. The second-order valence-electron chi connectivity index (χ2n) is 8.48. The highest BCUT2D eigenvalue weighted by Crippen LogP contribution is 2.33. The molecule has 0 bridgehead atoms. The van der Waals surface area contributed by atoms with E-state index < -0.39 is 0 Å². The van der Waals surface area contributed by atoms with E-state index in [1.807, 2.05) is 43.1 Å². The van der Waals surface area contributed by atoms with Gasteiger partial charge >= 0.3 is 0 Å². The Labute approximate surface area is 185 Å². The van der Waals surface area contributed by atoms with Gasteiger partial charge in [0.1, 0.15) is 22.7 Å². The molecule has 0 saturated carbocycles. The number of fused-ring (bicyclic) bond motifs is 2. The zero-order valence-electron chi connectivity index (χ0n) is 18.4. The summed E-state index contributed by atoms with van der Waals surface area (Å²) < 4.78 is 2.04. The van der Waals surface area contributed by atoms with Gasteiger partial charge in [0.15, 0.2) is 0 Å². The highest BCUT2D eigenvalue weighted by Gasteiger charge is 2.20. The summed E-state index contributed by atoms with van der Waals surface area (Å²) in [6, 6.07) is 8.27. The molecule has 0 aromatic carbocycles. The topological polar surface area (TPSA) is 94.6 Å². The van der Waals surface area contributed by atoms with Gasteiger partial charge in [-0.25, -0.2) is 15.0 Å². The quantitative estimate of drug-likeness (QED) is 0.460. The number of anilines is 1. The lowest BCUT2D eigenvalue weighted by atomic mass is 10.2. The molecule has 9 heteroatoms. The Morgan fingerprint density at radius 1 is 1.00 bits per heavy atom. The first-order chi connectivity index (χ1) is 15.6. The third-order valence-corrected chi connectivity index (χ3v) is 6.50. The third kappa shape index (κ3) is 2.96. The van der Waals surface area contributed by atoms with Crippen molar-refractivity contribution in [2.75, 3.05) is 38.1 Å². The molecule has 0 aliphatic carbocycles. The van der Waals surface area contributed by atoms with Gasteiger partial charge in [0.2, 0.25) is 0 Å². The van der Waals surface area contributed by atoms with Crippen molar-refractivity contribution in [3.05, 3.63) is 42.5 Å². The smallest absolute Gasteiger partial charge is 0.139 e. The molecule has 6 rings (SSSR count). The summed E-state index contributed by atoms with van der Waals surface area (Å²) in [5, 5.41) is 8.82. The van der Waals surface area contributed by atoms with E-state index >= 15 is 0 Å². The van der Waals surface area contributed by atoms with Crippen LogP contribution in [-0.2, 0) is 7.05 Å². The van der Waals surface area contributed by atoms with E-state index in [1.54, 1.807) is 0 Å². The van der Waals surface area contributed by atoms with Crippen molar-refractivity contribution in [1.82, 2.24) is 39.6 Å². The molecule has 0 unspecified atom stereocenters. The van der Waals surface area contributed by atoms with Crippen LogP contribution >= 0.6 is 0 Å². The van der Waals surface area contributed by atoms with Gasteiger partial charge < -0.3 is 19.4 Å². The van der Waals surface area contributed by atoms with Crippen LogP contribution in [0.25, 0.3) is 44.8 Å². The Balaban J connectivity index is 1.45. The number of H-pyrrole nitrogens is 2. The average Bonchev–Trinajstić information content (AvgIpc) is 3.50. The summed E-state index contributed by atoms with van der Waals surface area (Å²) in [5.41, 5.74) is 7.36. The summed E-state index contributed by atoms with van der Waals surface area (Å²) in [4.78, 5) is 22.2. The van der Waals surface area contributed by atoms with Gasteiger partial charge in [-0.3, -0.25) is 5.10 Å². The number of pyridine rings is 2. The van der Waals surface area contributed by atoms with Crippen LogP contribution < -0.4 is 4.90 Å². The predicted octanol–water partition coefficient (Wildman–Crippen LogP) is 2.96. The number of likely N-dealkylation sites (N-methyl/N-ethyl adjacent to an activating group) is 1. The van der Waals surface area contributed by atoms with Crippen molar-refractivity contribution in [1.29, 1.82) is 0 Å². The summed E-state index contributed by atoms with van der Waals surface area (Å²) in [6.07, 6.45) is 3.73. The van der Waals surface area contributed by atoms with E-state index in [4.69, 9.17) is 4.98 Å². The number of nitrogens with zero attached hydrogens (tertiary/aromatic N) is 7. The maximum absolute atomic E-state index is 4.94. The number of rotatable bonds is 3. The summed E-state index contributed by atoms with van der Waals surface area (Å²) in [7, 11) is 4.17. The van der Waals surface area contributed by atoms with E-state index in [0.717, 1.165) is 76.8 Å². The molecule has 1 fully saturated rings. The van der Waals surface area contributed by atoms with Gasteiger partial charge in [0, 0.05) is 50.5 Å². The molecule has 5 aromatic heterocycles. The second kappa shape index (κ2) is 7.16. The molecule has 1 aliphatic rings. The minimum atomic E-state index is 0.795. The van der Waals surface area contributed by atoms with Crippen molar-refractivity contribution >= 4 is 27.8 Å². The Morgan fingerprint density at radius 3 is 2.62 bits per heavy atom. The van der Waals surface area contributed by atoms with Gasteiger partial charge in [-0.1, -0.05) is 0 Å². The van der Waals surface area contributed by atoms with E-state index in [0.29, 0.717) is 0 Å². The van der Waals surface area contributed by atoms with Crippen LogP contribution in [0.4, 0.5) is 5.69 Å². The van der Waals surface area contributed by atoms with Crippen molar-refractivity contribution < 1.29 is 0 Å². The molecule has 9 nitrogen and oxygen atoms in total. The molecule has 162 valence electrons. The van der Waals surface area contributed by atoms with Gasteiger partial charge in [-0.05, 0) is 38.2 Å². The number of aromatic nitrogens is 7. The normalized spacial score (nSPS) is 15.3. The molecule has 0 amide bonds. The molecule has 6 heterocycles. The summed E-state index contributed by atoms with van der Waals surface area (Å²) in [6.45, 7) is 6.13. The van der Waals surface area contributed by atoms with E-state index in [1.165, 1.54) is 5.69 Å². The molecule has 0 spiro atoms. The van der Waals surface area contributed by atoms with E-state index in [-0.39, 0.29) is 0 Å².